The van der Waals surface area contributed by atoms with Crippen LogP contribution in [0.2, 0.25) is 0 Å². The normalized spacial score (nSPS) is 13.5. The third kappa shape index (κ3) is 9.98. The van der Waals surface area contributed by atoms with Crippen LogP contribution in [-0.2, 0) is 26.0 Å². The first-order valence-electron chi connectivity index (χ1n) is 15.4. The number of unbranched alkanes of at least 4 members (excludes halogenated alkanes) is 1. The molecule has 0 spiro atoms. The lowest BCUT2D eigenvalue weighted by atomic mass is 9.85. The Kier molecular flexibility index (Phi) is 11.9. The average molecular weight is 654 g/mol. The van der Waals surface area contributed by atoms with Crippen LogP contribution in [0, 0.1) is 5.41 Å². The minimum atomic E-state index is -4.09. The number of rotatable bonds is 13. The number of ether oxygens (including phenoxy) is 1. The van der Waals surface area contributed by atoms with E-state index in [-0.39, 0.29) is 23.0 Å². The highest BCUT2D eigenvalue weighted by atomic mass is 32.2. The Morgan fingerprint density at radius 3 is 2.20 bits per heavy atom. The summed E-state index contributed by atoms with van der Waals surface area (Å²) in [6, 6.07) is 15.0. The summed E-state index contributed by atoms with van der Waals surface area (Å²) in [5.41, 5.74) is 0.346. The second-order valence-corrected chi connectivity index (χ2v) is 15.0. The molecular weight excluding hydrogens is 606 g/mol. The topological polar surface area (TPSA) is 142 Å². The quantitative estimate of drug-likeness (QED) is 0.220. The number of aliphatic carboxylic acids is 1. The molecule has 0 radical (unpaired) electrons. The molecule has 0 aliphatic rings. The van der Waals surface area contributed by atoms with Gasteiger partial charge in [-0.15, -0.1) is 0 Å². The first kappa shape index (κ1) is 36.4. The van der Waals surface area contributed by atoms with Crippen molar-refractivity contribution in [3.05, 3.63) is 78.1 Å². The van der Waals surface area contributed by atoms with Crippen LogP contribution in [0.15, 0.2) is 71.9 Å². The van der Waals surface area contributed by atoms with Crippen molar-refractivity contribution >= 4 is 33.6 Å². The highest BCUT2D eigenvalue weighted by Crippen LogP contribution is 2.31. The summed E-state index contributed by atoms with van der Waals surface area (Å²) in [6.07, 6.45) is 2.88. The lowest BCUT2D eigenvalue weighted by Gasteiger charge is -2.37. The van der Waals surface area contributed by atoms with E-state index in [4.69, 9.17) is 9.72 Å². The van der Waals surface area contributed by atoms with Crippen LogP contribution < -0.4 is 14.5 Å². The van der Waals surface area contributed by atoms with Gasteiger partial charge in [-0.05, 0) is 81.0 Å². The first-order valence-corrected chi connectivity index (χ1v) is 16.9. The van der Waals surface area contributed by atoms with Crippen LogP contribution in [0.25, 0.3) is 0 Å². The Labute approximate surface area is 273 Å². The number of aromatic nitrogens is 2. The van der Waals surface area contributed by atoms with E-state index in [0.717, 1.165) is 35.5 Å². The molecule has 0 bridgehead atoms. The SMILES string of the molecule is CCCCN(C)c1ccc(CC(NS(=O)(=O)c2ccccn2)c2cccc(N(C(=O)OC(C)(C)C)C(C(=O)O)C(C)(C)C)n2)cc1. The Morgan fingerprint density at radius 1 is 0.978 bits per heavy atom. The Hall–Kier alpha value is -4.03. The van der Waals surface area contributed by atoms with Gasteiger partial charge in [0.1, 0.15) is 17.5 Å². The highest BCUT2D eigenvalue weighted by molar-refractivity contribution is 7.89. The maximum absolute atomic E-state index is 13.6. The van der Waals surface area contributed by atoms with E-state index < -0.39 is 45.2 Å². The van der Waals surface area contributed by atoms with Crippen molar-refractivity contribution in [1.29, 1.82) is 0 Å². The largest absolute Gasteiger partial charge is 0.480 e. The smallest absolute Gasteiger partial charge is 0.416 e. The number of amides is 1. The van der Waals surface area contributed by atoms with Crippen LogP contribution >= 0.6 is 0 Å². The lowest BCUT2D eigenvalue weighted by molar-refractivity contribution is -0.141. The summed E-state index contributed by atoms with van der Waals surface area (Å²) < 4.78 is 35.4. The number of carbonyl (C=O) groups excluding carboxylic acids is 1. The van der Waals surface area contributed by atoms with E-state index >= 15 is 0 Å². The van der Waals surface area contributed by atoms with Crippen molar-refractivity contribution < 1.29 is 27.9 Å². The second-order valence-electron chi connectivity index (χ2n) is 13.4. The Bertz CT molecular complexity index is 1570. The molecule has 0 saturated heterocycles. The predicted molar refractivity (Wildman–Crippen MR) is 179 cm³/mol. The van der Waals surface area contributed by atoms with Gasteiger partial charge in [0.05, 0.1) is 11.7 Å². The fraction of sp³-hybridized carbons (Fsp3) is 0.471. The molecule has 2 heterocycles. The van der Waals surface area contributed by atoms with Crippen molar-refractivity contribution in [2.24, 2.45) is 5.41 Å². The van der Waals surface area contributed by atoms with Crippen LogP contribution in [0.1, 0.15) is 78.6 Å². The molecule has 1 aromatic carbocycles. The summed E-state index contributed by atoms with van der Waals surface area (Å²) >= 11 is 0. The molecule has 2 unspecified atom stereocenters. The molecule has 2 atom stereocenters. The van der Waals surface area contributed by atoms with Gasteiger partial charge in [-0.2, -0.15) is 0 Å². The molecule has 2 aromatic heterocycles. The second kappa shape index (κ2) is 15.0. The van der Waals surface area contributed by atoms with E-state index in [2.05, 4.69) is 21.5 Å². The van der Waals surface area contributed by atoms with Crippen molar-refractivity contribution in [1.82, 2.24) is 14.7 Å². The molecule has 3 rings (SSSR count). The molecule has 2 N–H and O–H groups in total. The molecule has 12 heteroatoms. The number of hydrogen-bond donors (Lipinski definition) is 2. The minimum Gasteiger partial charge on any atom is -0.480 e. The van der Waals surface area contributed by atoms with Crippen molar-refractivity contribution in [3.63, 3.8) is 0 Å². The van der Waals surface area contributed by atoms with Gasteiger partial charge in [0.15, 0.2) is 5.03 Å². The first-order chi connectivity index (χ1) is 21.4. The number of pyridine rings is 2. The standard InChI is InChI=1S/C34H47N5O6S/c1-9-10-22-38(8)25-19-17-24(18-20-25)23-27(37-46(43,44)29-16-11-12-21-35-29)26-14-13-15-28(36-26)39(32(42)45-34(5,6)7)30(31(40)41)33(2,3)4/h11-21,27,30,37H,9-10,22-23H2,1-8H3,(H,40,41). The zero-order valence-corrected chi connectivity index (χ0v) is 28.8. The van der Waals surface area contributed by atoms with Gasteiger partial charge in [0, 0.05) is 25.5 Å². The zero-order valence-electron chi connectivity index (χ0n) is 28.0. The molecule has 0 saturated carbocycles. The summed E-state index contributed by atoms with van der Waals surface area (Å²) in [4.78, 5) is 38.1. The molecule has 0 aliphatic heterocycles. The van der Waals surface area contributed by atoms with Crippen molar-refractivity contribution in [2.75, 3.05) is 23.4 Å². The summed E-state index contributed by atoms with van der Waals surface area (Å²) in [7, 11) is -2.06. The number of nitrogens with zero attached hydrogens (tertiary/aromatic N) is 4. The number of nitrogens with one attached hydrogen (secondary N) is 1. The molecule has 0 aliphatic carbocycles. The van der Waals surface area contributed by atoms with Crippen LogP contribution in [0.4, 0.5) is 16.3 Å². The minimum absolute atomic E-state index is 0.0176. The molecule has 11 nitrogen and oxygen atoms in total. The van der Waals surface area contributed by atoms with Crippen LogP contribution in [0.3, 0.4) is 0 Å². The van der Waals surface area contributed by atoms with E-state index in [1.165, 1.54) is 18.3 Å². The number of carboxylic acid groups (broad SMARTS) is 1. The molecule has 1 amide bonds. The van der Waals surface area contributed by atoms with Gasteiger partial charge in [0.2, 0.25) is 0 Å². The number of carboxylic acids is 1. The maximum Gasteiger partial charge on any atom is 0.416 e. The van der Waals surface area contributed by atoms with E-state index in [9.17, 15) is 23.1 Å². The third-order valence-corrected chi connectivity index (χ3v) is 8.52. The Balaban J connectivity index is 2.11. The average Bonchev–Trinajstić information content (AvgIpc) is 2.97. The predicted octanol–water partition coefficient (Wildman–Crippen LogP) is 6.22. The van der Waals surface area contributed by atoms with Crippen LogP contribution in [-0.4, -0.2) is 60.8 Å². The fourth-order valence-corrected chi connectivity index (χ4v) is 6.04. The van der Waals surface area contributed by atoms with Gasteiger partial charge in [-0.25, -0.2) is 37.6 Å². The number of hydrogen-bond acceptors (Lipinski definition) is 8. The van der Waals surface area contributed by atoms with Gasteiger partial charge < -0.3 is 14.7 Å². The summed E-state index contributed by atoms with van der Waals surface area (Å²) in [6.45, 7) is 13.3. The number of sulfonamides is 1. The number of benzene rings is 1. The third-order valence-electron chi connectivity index (χ3n) is 7.14. The van der Waals surface area contributed by atoms with Gasteiger partial charge in [0.25, 0.3) is 10.0 Å². The van der Waals surface area contributed by atoms with Gasteiger partial charge in [-0.3, -0.25) is 0 Å². The molecular formula is C34H47N5O6S. The molecule has 3 aromatic rings. The van der Waals surface area contributed by atoms with E-state index in [1.54, 1.807) is 65.8 Å². The fourth-order valence-electron chi connectivity index (χ4n) is 4.89. The maximum atomic E-state index is 13.6. The molecule has 46 heavy (non-hydrogen) atoms. The van der Waals surface area contributed by atoms with Gasteiger partial charge in [-0.1, -0.05) is 58.4 Å². The molecule has 0 fully saturated rings. The van der Waals surface area contributed by atoms with Crippen LogP contribution in [0.5, 0.6) is 0 Å². The Morgan fingerprint density at radius 2 is 1.65 bits per heavy atom. The monoisotopic (exact) mass is 653 g/mol. The number of anilines is 2. The van der Waals surface area contributed by atoms with Gasteiger partial charge >= 0.3 is 12.1 Å². The van der Waals surface area contributed by atoms with E-state index in [0.29, 0.717) is 0 Å². The van der Waals surface area contributed by atoms with Crippen molar-refractivity contribution in [3.8, 4) is 0 Å². The van der Waals surface area contributed by atoms with Crippen molar-refractivity contribution in [2.45, 2.75) is 90.4 Å². The lowest BCUT2D eigenvalue weighted by Crippen LogP contribution is -2.54. The highest BCUT2D eigenvalue weighted by Gasteiger charge is 2.43. The van der Waals surface area contributed by atoms with E-state index in [1.807, 2.05) is 31.3 Å². The zero-order chi connectivity index (χ0) is 34.3. The number of carbonyl (C=O) groups is 2. The summed E-state index contributed by atoms with van der Waals surface area (Å²) in [5, 5.41) is 10.1. The molecule has 250 valence electrons. The summed E-state index contributed by atoms with van der Waals surface area (Å²) in [5.74, 6) is -1.22.